The van der Waals surface area contributed by atoms with Gasteiger partial charge in [0.1, 0.15) is 5.82 Å². The van der Waals surface area contributed by atoms with Crippen LogP contribution >= 0.6 is 0 Å². The van der Waals surface area contributed by atoms with E-state index in [2.05, 4.69) is 6.92 Å². The lowest BCUT2D eigenvalue weighted by atomic mass is 10.0. The highest BCUT2D eigenvalue weighted by Crippen LogP contribution is 2.10. The van der Waals surface area contributed by atoms with Crippen molar-refractivity contribution in [3.05, 3.63) is 35.6 Å². The normalized spacial score (nSPS) is 12.8. The summed E-state index contributed by atoms with van der Waals surface area (Å²) >= 11 is 0. The van der Waals surface area contributed by atoms with Gasteiger partial charge in [0, 0.05) is 6.04 Å². The molecule has 0 saturated heterocycles. The molecule has 2 heteroatoms. The van der Waals surface area contributed by atoms with Crippen molar-refractivity contribution in [3.63, 3.8) is 0 Å². The van der Waals surface area contributed by atoms with Gasteiger partial charge in [-0.3, -0.25) is 0 Å². The molecule has 1 atom stereocenters. The highest BCUT2D eigenvalue weighted by molar-refractivity contribution is 5.18. The van der Waals surface area contributed by atoms with Crippen LogP contribution in [0, 0.1) is 5.82 Å². The third-order valence-corrected chi connectivity index (χ3v) is 2.10. The minimum atomic E-state index is -0.144. The molecule has 0 heterocycles. The lowest BCUT2D eigenvalue weighted by molar-refractivity contribution is 0.561. The van der Waals surface area contributed by atoms with Crippen molar-refractivity contribution in [1.29, 1.82) is 0 Å². The smallest absolute Gasteiger partial charge is 0.126 e. The van der Waals surface area contributed by atoms with Crippen LogP contribution < -0.4 is 5.73 Å². The summed E-state index contributed by atoms with van der Waals surface area (Å²) in [6, 6.07) is 6.90. The molecule has 0 fully saturated rings. The second kappa shape index (κ2) is 4.97. The van der Waals surface area contributed by atoms with E-state index in [-0.39, 0.29) is 11.9 Å². The molecule has 0 spiro atoms. The fraction of sp³-hybridized carbons (Fsp3) is 0.455. The molecule has 0 aromatic heterocycles. The molecule has 0 radical (unpaired) electrons. The van der Waals surface area contributed by atoms with Gasteiger partial charge in [0.15, 0.2) is 0 Å². The molecule has 0 aliphatic rings. The Hall–Kier alpha value is -0.890. The van der Waals surface area contributed by atoms with Crippen LogP contribution in [0.5, 0.6) is 0 Å². The summed E-state index contributed by atoms with van der Waals surface area (Å²) < 4.78 is 13.1. The standard InChI is InChI=1S/C11H16FN/c1-2-5-10(13)8-9-6-3-4-7-11(9)12/h3-4,6-7,10H,2,5,8,13H2,1H3. The van der Waals surface area contributed by atoms with Crippen LogP contribution in [0.4, 0.5) is 4.39 Å². The summed E-state index contributed by atoms with van der Waals surface area (Å²) in [7, 11) is 0. The van der Waals surface area contributed by atoms with Crippen molar-refractivity contribution in [2.24, 2.45) is 5.73 Å². The molecular weight excluding hydrogens is 165 g/mol. The maximum absolute atomic E-state index is 13.1. The molecule has 0 bridgehead atoms. The van der Waals surface area contributed by atoms with Gasteiger partial charge in [0.05, 0.1) is 0 Å². The summed E-state index contributed by atoms with van der Waals surface area (Å²) in [5.41, 5.74) is 6.54. The number of hydrogen-bond donors (Lipinski definition) is 1. The Labute approximate surface area is 78.8 Å². The van der Waals surface area contributed by atoms with Gasteiger partial charge >= 0.3 is 0 Å². The Morgan fingerprint density at radius 2 is 2.08 bits per heavy atom. The molecule has 2 N–H and O–H groups in total. The number of nitrogens with two attached hydrogens (primary N) is 1. The van der Waals surface area contributed by atoms with Crippen LogP contribution in [0.1, 0.15) is 25.3 Å². The molecular formula is C11H16FN. The van der Waals surface area contributed by atoms with E-state index in [4.69, 9.17) is 5.73 Å². The highest BCUT2D eigenvalue weighted by atomic mass is 19.1. The van der Waals surface area contributed by atoms with Crippen LogP contribution in [0.25, 0.3) is 0 Å². The first-order valence-corrected chi connectivity index (χ1v) is 4.73. The van der Waals surface area contributed by atoms with Gasteiger partial charge in [-0.05, 0) is 24.5 Å². The maximum Gasteiger partial charge on any atom is 0.126 e. The predicted octanol–water partition coefficient (Wildman–Crippen LogP) is 2.50. The van der Waals surface area contributed by atoms with E-state index in [1.165, 1.54) is 6.07 Å². The van der Waals surface area contributed by atoms with E-state index in [9.17, 15) is 4.39 Å². The molecule has 0 aliphatic heterocycles. The average Bonchev–Trinajstić information content (AvgIpc) is 2.09. The van der Waals surface area contributed by atoms with Crippen molar-refractivity contribution in [1.82, 2.24) is 0 Å². The second-order valence-electron chi connectivity index (χ2n) is 3.34. The van der Waals surface area contributed by atoms with Crippen LogP contribution in [0.2, 0.25) is 0 Å². The van der Waals surface area contributed by atoms with Gasteiger partial charge in [-0.15, -0.1) is 0 Å². The summed E-state index contributed by atoms with van der Waals surface area (Å²) in [5.74, 6) is -0.144. The van der Waals surface area contributed by atoms with Gasteiger partial charge in [0.25, 0.3) is 0 Å². The molecule has 13 heavy (non-hydrogen) atoms. The first-order valence-electron chi connectivity index (χ1n) is 4.73. The molecule has 1 aromatic rings. The number of hydrogen-bond acceptors (Lipinski definition) is 1. The van der Waals surface area contributed by atoms with Gasteiger partial charge < -0.3 is 5.73 Å². The molecule has 1 unspecified atom stereocenters. The van der Waals surface area contributed by atoms with Crippen LogP contribution in [-0.2, 0) is 6.42 Å². The van der Waals surface area contributed by atoms with Crippen molar-refractivity contribution in [2.45, 2.75) is 32.2 Å². The zero-order valence-electron chi connectivity index (χ0n) is 7.96. The maximum atomic E-state index is 13.1. The Kier molecular flexibility index (Phi) is 3.90. The molecule has 0 amide bonds. The molecule has 72 valence electrons. The topological polar surface area (TPSA) is 26.0 Å². The monoisotopic (exact) mass is 181 g/mol. The molecule has 1 rings (SSSR count). The lowest BCUT2D eigenvalue weighted by Crippen LogP contribution is -2.22. The zero-order valence-corrected chi connectivity index (χ0v) is 7.96. The van der Waals surface area contributed by atoms with E-state index >= 15 is 0 Å². The highest BCUT2D eigenvalue weighted by Gasteiger charge is 2.06. The van der Waals surface area contributed by atoms with E-state index in [0.29, 0.717) is 6.42 Å². The number of halogens is 1. The van der Waals surface area contributed by atoms with E-state index in [0.717, 1.165) is 18.4 Å². The fourth-order valence-corrected chi connectivity index (χ4v) is 1.42. The van der Waals surface area contributed by atoms with E-state index in [1.807, 2.05) is 6.07 Å². The Morgan fingerprint density at radius 3 is 2.69 bits per heavy atom. The van der Waals surface area contributed by atoms with Crippen LogP contribution in [-0.4, -0.2) is 6.04 Å². The summed E-state index contributed by atoms with van der Waals surface area (Å²) in [5, 5.41) is 0. The summed E-state index contributed by atoms with van der Waals surface area (Å²) in [6.45, 7) is 2.08. The van der Waals surface area contributed by atoms with Crippen LogP contribution in [0.3, 0.4) is 0 Å². The Morgan fingerprint density at radius 1 is 1.38 bits per heavy atom. The van der Waals surface area contributed by atoms with Crippen LogP contribution in [0.15, 0.2) is 24.3 Å². The minimum absolute atomic E-state index is 0.0851. The third kappa shape index (κ3) is 3.15. The first kappa shape index (κ1) is 10.2. The fourth-order valence-electron chi connectivity index (χ4n) is 1.42. The Balaban J connectivity index is 2.58. The lowest BCUT2D eigenvalue weighted by Gasteiger charge is -2.10. The zero-order chi connectivity index (χ0) is 9.68. The SMILES string of the molecule is CCCC(N)Cc1ccccc1F. The largest absolute Gasteiger partial charge is 0.327 e. The van der Waals surface area contributed by atoms with E-state index in [1.54, 1.807) is 12.1 Å². The first-order chi connectivity index (χ1) is 6.24. The third-order valence-electron chi connectivity index (χ3n) is 2.10. The van der Waals surface area contributed by atoms with Crippen molar-refractivity contribution >= 4 is 0 Å². The molecule has 1 nitrogen and oxygen atoms in total. The quantitative estimate of drug-likeness (QED) is 0.758. The summed E-state index contributed by atoms with van der Waals surface area (Å²) in [6.07, 6.45) is 2.64. The molecule has 0 saturated carbocycles. The number of rotatable bonds is 4. The Bertz CT molecular complexity index is 260. The van der Waals surface area contributed by atoms with Gasteiger partial charge in [-0.25, -0.2) is 4.39 Å². The van der Waals surface area contributed by atoms with E-state index < -0.39 is 0 Å². The molecule has 1 aromatic carbocycles. The predicted molar refractivity (Wildman–Crippen MR) is 53.0 cm³/mol. The van der Waals surface area contributed by atoms with Crippen molar-refractivity contribution in [3.8, 4) is 0 Å². The average molecular weight is 181 g/mol. The summed E-state index contributed by atoms with van der Waals surface area (Å²) in [4.78, 5) is 0. The van der Waals surface area contributed by atoms with Gasteiger partial charge in [-0.2, -0.15) is 0 Å². The minimum Gasteiger partial charge on any atom is -0.327 e. The van der Waals surface area contributed by atoms with Crippen molar-refractivity contribution < 1.29 is 4.39 Å². The molecule has 0 aliphatic carbocycles. The number of benzene rings is 1. The second-order valence-corrected chi connectivity index (χ2v) is 3.34. The van der Waals surface area contributed by atoms with Crippen molar-refractivity contribution in [2.75, 3.05) is 0 Å². The van der Waals surface area contributed by atoms with Gasteiger partial charge in [0.2, 0.25) is 0 Å². The van der Waals surface area contributed by atoms with Gasteiger partial charge in [-0.1, -0.05) is 31.5 Å².